The first kappa shape index (κ1) is 15.1. The maximum atomic E-state index is 12.3. The molecule has 0 amide bonds. The Morgan fingerprint density at radius 2 is 2.05 bits per heavy atom. The van der Waals surface area contributed by atoms with Gasteiger partial charge in [-0.2, -0.15) is 0 Å². The lowest BCUT2D eigenvalue weighted by Crippen LogP contribution is -2.35. The van der Waals surface area contributed by atoms with Crippen LogP contribution in [0.25, 0.3) is 0 Å². The van der Waals surface area contributed by atoms with Crippen LogP contribution in [0.3, 0.4) is 0 Å². The lowest BCUT2D eigenvalue weighted by atomic mass is 9.84. The van der Waals surface area contributed by atoms with Crippen LogP contribution in [0.2, 0.25) is 0 Å². The first-order valence-electron chi connectivity index (χ1n) is 5.82. The Hall–Kier alpha value is -1.27. The van der Waals surface area contributed by atoms with Gasteiger partial charge in [-0.15, -0.1) is 13.2 Å². The van der Waals surface area contributed by atoms with E-state index in [1.54, 1.807) is 31.2 Å². The second-order valence-electron chi connectivity index (χ2n) is 4.47. The van der Waals surface area contributed by atoms with Crippen LogP contribution in [0.15, 0.2) is 48.1 Å². The van der Waals surface area contributed by atoms with Gasteiger partial charge in [0.25, 0.3) is 0 Å². The molecular weight excluding hydrogens is 337 g/mol. The first-order valence-corrected chi connectivity index (χ1v) is 6.61. The van der Waals surface area contributed by atoms with Crippen molar-refractivity contribution in [1.29, 1.82) is 0 Å². The first-order chi connectivity index (χ1) is 9.23. The van der Waals surface area contributed by atoms with Gasteiger partial charge in [0.05, 0.1) is 6.10 Å². The van der Waals surface area contributed by atoms with Crippen molar-refractivity contribution in [3.8, 4) is 5.75 Å². The zero-order chi connectivity index (χ0) is 15.0. The predicted molar refractivity (Wildman–Crippen MR) is 72.6 cm³/mol. The Morgan fingerprint density at radius 3 is 2.65 bits per heavy atom. The molecule has 6 heteroatoms. The van der Waals surface area contributed by atoms with E-state index in [9.17, 15) is 18.3 Å². The van der Waals surface area contributed by atoms with E-state index >= 15 is 0 Å². The Morgan fingerprint density at radius 1 is 1.35 bits per heavy atom. The molecule has 2 atom stereocenters. The molecule has 20 heavy (non-hydrogen) atoms. The third-order valence-corrected chi connectivity index (χ3v) is 4.66. The number of allylic oxidation sites excluding steroid dienone is 2. The van der Waals surface area contributed by atoms with E-state index in [0.717, 1.165) is 5.57 Å². The molecule has 1 aromatic rings. The van der Waals surface area contributed by atoms with E-state index in [2.05, 4.69) is 20.7 Å². The van der Waals surface area contributed by atoms with E-state index in [4.69, 9.17) is 0 Å². The molecule has 1 aliphatic rings. The molecule has 0 saturated heterocycles. The van der Waals surface area contributed by atoms with E-state index in [0.29, 0.717) is 5.56 Å². The number of hydrogen-bond donors (Lipinski definition) is 1. The van der Waals surface area contributed by atoms with Gasteiger partial charge in [0.15, 0.2) is 0 Å². The van der Waals surface area contributed by atoms with Crippen LogP contribution in [-0.4, -0.2) is 17.6 Å². The molecule has 0 spiro atoms. The third kappa shape index (κ3) is 2.91. The number of halogens is 4. The van der Waals surface area contributed by atoms with Gasteiger partial charge < -0.3 is 9.84 Å². The summed E-state index contributed by atoms with van der Waals surface area (Å²) in [6.07, 6.45) is -0.560. The molecule has 1 aromatic carbocycles. The fourth-order valence-electron chi connectivity index (χ4n) is 2.11. The Bertz CT molecular complexity index is 566. The molecule has 0 heterocycles. The Kier molecular flexibility index (Phi) is 3.97. The maximum Gasteiger partial charge on any atom is 0.573 e. The van der Waals surface area contributed by atoms with Gasteiger partial charge in [-0.25, -0.2) is 0 Å². The van der Waals surface area contributed by atoms with Gasteiger partial charge in [0.2, 0.25) is 0 Å². The second-order valence-corrected chi connectivity index (χ2v) is 5.72. The maximum absolute atomic E-state index is 12.3. The summed E-state index contributed by atoms with van der Waals surface area (Å²) in [5.74, 6) is -0.316. The fourth-order valence-corrected chi connectivity index (χ4v) is 2.64. The summed E-state index contributed by atoms with van der Waals surface area (Å²) >= 11 is 3.44. The molecule has 0 saturated carbocycles. The average molecular weight is 349 g/mol. The lowest BCUT2D eigenvalue weighted by Gasteiger charge is -2.34. The van der Waals surface area contributed by atoms with Crippen molar-refractivity contribution in [2.24, 2.45) is 0 Å². The highest BCUT2D eigenvalue weighted by molar-refractivity contribution is 9.09. The molecule has 0 bridgehead atoms. The van der Waals surface area contributed by atoms with Crippen molar-refractivity contribution in [1.82, 2.24) is 0 Å². The number of hydrogen-bond acceptors (Lipinski definition) is 2. The number of ether oxygens (including phenoxy) is 1. The second kappa shape index (κ2) is 5.26. The van der Waals surface area contributed by atoms with E-state index in [-0.39, 0.29) is 5.75 Å². The van der Waals surface area contributed by atoms with Crippen molar-refractivity contribution < 1.29 is 23.0 Å². The molecule has 2 rings (SSSR count). The van der Waals surface area contributed by atoms with E-state index in [1.165, 1.54) is 18.2 Å². The molecule has 2 unspecified atom stereocenters. The molecule has 0 aromatic heterocycles. The molecule has 1 aliphatic carbocycles. The molecule has 108 valence electrons. The van der Waals surface area contributed by atoms with Gasteiger partial charge in [-0.3, -0.25) is 0 Å². The molecule has 0 radical (unpaired) electrons. The summed E-state index contributed by atoms with van der Waals surface area (Å²) < 4.78 is 39.7. The molecule has 0 aliphatic heterocycles. The minimum Gasteiger partial charge on any atom is -0.406 e. The van der Waals surface area contributed by atoms with Crippen LogP contribution < -0.4 is 4.74 Å². The van der Waals surface area contributed by atoms with Gasteiger partial charge in [-0.05, 0) is 30.2 Å². The zero-order valence-corrected chi connectivity index (χ0v) is 12.1. The molecule has 2 nitrogen and oxygen atoms in total. The van der Waals surface area contributed by atoms with Crippen molar-refractivity contribution in [3.05, 3.63) is 53.6 Å². The van der Waals surface area contributed by atoms with E-state index in [1.807, 2.05) is 0 Å². The van der Waals surface area contributed by atoms with Crippen LogP contribution in [0.1, 0.15) is 12.5 Å². The van der Waals surface area contributed by atoms with Crippen molar-refractivity contribution in [2.45, 2.75) is 23.7 Å². The quantitative estimate of drug-likeness (QED) is 0.817. The summed E-state index contributed by atoms with van der Waals surface area (Å²) in [6.45, 7) is 1.79. The van der Waals surface area contributed by atoms with Crippen molar-refractivity contribution in [2.75, 3.05) is 0 Å². The standard InChI is InChI=1S/C14H12BrF3O2/c1-9-4-2-7-12(19)13(9,15)10-5-3-6-11(8-10)20-14(16,17)18/h2-8,12,19H,1H3. The monoisotopic (exact) mass is 348 g/mol. The zero-order valence-electron chi connectivity index (χ0n) is 10.5. The predicted octanol–water partition coefficient (Wildman–Crippen LogP) is 4.05. The number of rotatable bonds is 2. The van der Waals surface area contributed by atoms with Crippen LogP contribution in [-0.2, 0) is 4.32 Å². The molecule has 0 fully saturated rings. The highest BCUT2D eigenvalue weighted by Gasteiger charge is 2.39. The highest BCUT2D eigenvalue weighted by atomic mass is 79.9. The van der Waals surface area contributed by atoms with Crippen LogP contribution in [0.5, 0.6) is 5.75 Å². The number of aliphatic hydroxyl groups is 1. The molecular formula is C14H12BrF3O2. The minimum atomic E-state index is -4.74. The van der Waals surface area contributed by atoms with Gasteiger partial charge in [0, 0.05) is 0 Å². The number of alkyl halides is 4. The highest BCUT2D eigenvalue weighted by Crippen LogP contribution is 2.45. The van der Waals surface area contributed by atoms with Crippen LogP contribution in [0.4, 0.5) is 13.2 Å². The minimum absolute atomic E-state index is 0.316. The van der Waals surface area contributed by atoms with Crippen molar-refractivity contribution >= 4 is 15.9 Å². The SMILES string of the molecule is CC1=CC=CC(O)C1(Br)c1cccc(OC(F)(F)F)c1. The third-order valence-electron chi connectivity index (χ3n) is 3.11. The topological polar surface area (TPSA) is 29.5 Å². The van der Waals surface area contributed by atoms with Gasteiger partial charge in [-0.1, -0.05) is 46.3 Å². The normalized spacial score (nSPS) is 26.3. The van der Waals surface area contributed by atoms with Gasteiger partial charge >= 0.3 is 6.36 Å². The summed E-state index contributed by atoms with van der Waals surface area (Å²) in [5, 5.41) is 10.1. The van der Waals surface area contributed by atoms with Gasteiger partial charge in [0.1, 0.15) is 10.1 Å². The van der Waals surface area contributed by atoms with E-state index < -0.39 is 16.8 Å². The summed E-state index contributed by atoms with van der Waals surface area (Å²) in [6, 6.07) is 5.58. The summed E-state index contributed by atoms with van der Waals surface area (Å²) in [5.41, 5.74) is 1.28. The fraction of sp³-hybridized carbons (Fsp3) is 0.286. The number of aliphatic hydroxyl groups excluding tert-OH is 1. The van der Waals surface area contributed by atoms with Crippen LogP contribution in [0, 0.1) is 0 Å². The summed E-state index contributed by atoms with van der Waals surface area (Å²) in [4.78, 5) is 0. The molecule has 1 N–H and O–H groups in total. The number of benzene rings is 1. The Balaban J connectivity index is 2.40. The van der Waals surface area contributed by atoms with Crippen LogP contribution >= 0.6 is 15.9 Å². The Labute approximate surface area is 122 Å². The lowest BCUT2D eigenvalue weighted by molar-refractivity contribution is -0.274. The smallest absolute Gasteiger partial charge is 0.406 e. The largest absolute Gasteiger partial charge is 0.573 e. The summed E-state index contributed by atoms with van der Waals surface area (Å²) in [7, 11) is 0. The van der Waals surface area contributed by atoms with Crippen molar-refractivity contribution in [3.63, 3.8) is 0 Å². The average Bonchev–Trinajstić information content (AvgIpc) is 2.34.